The van der Waals surface area contributed by atoms with E-state index in [0.29, 0.717) is 31.9 Å². The molecule has 6 heteroatoms. The van der Waals surface area contributed by atoms with Gasteiger partial charge in [-0.25, -0.2) is 4.98 Å². The molecule has 1 amide bonds. The SMILES string of the molecule is CC[C@H](N)C(=O)N1CCN(Cc2ncc(-c3ccccc3)o2)CC1. The molecule has 3 rings (SSSR count). The van der Waals surface area contributed by atoms with Crippen LogP contribution in [-0.4, -0.2) is 52.9 Å². The lowest BCUT2D eigenvalue weighted by atomic mass is 10.2. The van der Waals surface area contributed by atoms with Crippen LogP contribution in [0, 0.1) is 0 Å². The van der Waals surface area contributed by atoms with Crippen LogP contribution in [0.2, 0.25) is 0 Å². The molecule has 0 unspecified atom stereocenters. The van der Waals surface area contributed by atoms with Gasteiger partial charge in [0.25, 0.3) is 0 Å². The van der Waals surface area contributed by atoms with Crippen molar-refractivity contribution in [1.29, 1.82) is 0 Å². The fourth-order valence-electron chi connectivity index (χ4n) is 2.85. The first kappa shape index (κ1) is 16.7. The molecular formula is C18H24N4O2. The molecule has 128 valence electrons. The number of aromatic nitrogens is 1. The number of benzene rings is 1. The highest BCUT2D eigenvalue weighted by atomic mass is 16.4. The molecule has 1 atom stereocenters. The minimum atomic E-state index is -0.378. The van der Waals surface area contributed by atoms with Gasteiger partial charge < -0.3 is 15.1 Å². The summed E-state index contributed by atoms with van der Waals surface area (Å²) in [6, 6.07) is 9.57. The van der Waals surface area contributed by atoms with Gasteiger partial charge >= 0.3 is 0 Å². The topological polar surface area (TPSA) is 75.6 Å². The highest BCUT2D eigenvalue weighted by molar-refractivity contribution is 5.81. The van der Waals surface area contributed by atoms with Gasteiger partial charge in [-0.05, 0) is 6.42 Å². The largest absolute Gasteiger partial charge is 0.439 e. The van der Waals surface area contributed by atoms with E-state index in [-0.39, 0.29) is 11.9 Å². The van der Waals surface area contributed by atoms with E-state index < -0.39 is 0 Å². The molecule has 1 aromatic heterocycles. The van der Waals surface area contributed by atoms with Crippen LogP contribution >= 0.6 is 0 Å². The zero-order chi connectivity index (χ0) is 16.9. The molecule has 1 saturated heterocycles. The van der Waals surface area contributed by atoms with Gasteiger partial charge in [-0.2, -0.15) is 0 Å². The Labute approximate surface area is 142 Å². The van der Waals surface area contributed by atoms with Crippen molar-refractivity contribution < 1.29 is 9.21 Å². The molecule has 2 N–H and O–H groups in total. The number of hydrogen-bond acceptors (Lipinski definition) is 5. The second-order valence-corrected chi connectivity index (χ2v) is 6.10. The molecule has 1 aliphatic heterocycles. The standard InChI is InChI=1S/C18H24N4O2/c1-2-15(19)18(23)22-10-8-21(9-11-22)13-17-20-12-16(24-17)14-6-4-3-5-7-14/h3-7,12,15H,2,8-11,13,19H2,1H3/t15-/m0/s1. The maximum absolute atomic E-state index is 12.1. The van der Waals surface area contributed by atoms with Crippen LogP contribution < -0.4 is 5.73 Å². The number of piperazine rings is 1. The summed E-state index contributed by atoms with van der Waals surface area (Å²) in [4.78, 5) is 20.6. The Morgan fingerprint density at radius 1 is 1.25 bits per heavy atom. The third kappa shape index (κ3) is 3.83. The number of hydrogen-bond donors (Lipinski definition) is 1. The van der Waals surface area contributed by atoms with Gasteiger partial charge in [0.2, 0.25) is 11.8 Å². The molecular weight excluding hydrogens is 304 g/mol. The molecule has 0 aliphatic carbocycles. The third-order valence-corrected chi connectivity index (χ3v) is 4.41. The zero-order valence-corrected chi connectivity index (χ0v) is 14.0. The van der Waals surface area contributed by atoms with Crippen LogP contribution in [0.1, 0.15) is 19.2 Å². The van der Waals surface area contributed by atoms with Crippen LogP contribution in [0.4, 0.5) is 0 Å². The van der Waals surface area contributed by atoms with Crippen molar-refractivity contribution in [2.45, 2.75) is 25.9 Å². The predicted molar refractivity (Wildman–Crippen MR) is 92.1 cm³/mol. The van der Waals surface area contributed by atoms with Crippen molar-refractivity contribution in [1.82, 2.24) is 14.8 Å². The molecule has 24 heavy (non-hydrogen) atoms. The molecule has 1 aromatic carbocycles. The lowest BCUT2D eigenvalue weighted by Gasteiger charge is -2.35. The Hall–Kier alpha value is -2.18. The highest BCUT2D eigenvalue weighted by Crippen LogP contribution is 2.20. The van der Waals surface area contributed by atoms with Gasteiger partial charge in [-0.15, -0.1) is 0 Å². The van der Waals surface area contributed by atoms with E-state index in [2.05, 4.69) is 9.88 Å². The first-order valence-corrected chi connectivity index (χ1v) is 8.44. The second kappa shape index (κ2) is 7.59. The summed E-state index contributed by atoms with van der Waals surface area (Å²) in [5.41, 5.74) is 6.86. The average Bonchev–Trinajstić information content (AvgIpc) is 3.10. The van der Waals surface area contributed by atoms with E-state index in [0.717, 1.165) is 24.4 Å². The Kier molecular flexibility index (Phi) is 5.27. The van der Waals surface area contributed by atoms with E-state index in [1.54, 1.807) is 6.20 Å². The monoisotopic (exact) mass is 328 g/mol. The summed E-state index contributed by atoms with van der Waals surface area (Å²) in [5, 5.41) is 0. The smallest absolute Gasteiger partial charge is 0.239 e. The van der Waals surface area contributed by atoms with Crippen molar-refractivity contribution >= 4 is 5.91 Å². The first-order valence-electron chi connectivity index (χ1n) is 8.44. The summed E-state index contributed by atoms with van der Waals surface area (Å²) in [7, 11) is 0. The Morgan fingerprint density at radius 2 is 1.96 bits per heavy atom. The van der Waals surface area contributed by atoms with E-state index >= 15 is 0 Å². The number of carbonyl (C=O) groups excluding carboxylic acids is 1. The van der Waals surface area contributed by atoms with Crippen LogP contribution in [0.15, 0.2) is 40.9 Å². The van der Waals surface area contributed by atoms with Gasteiger partial charge in [-0.1, -0.05) is 37.3 Å². The van der Waals surface area contributed by atoms with Crippen molar-refractivity contribution in [2.75, 3.05) is 26.2 Å². The fraction of sp³-hybridized carbons (Fsp3) is 0.444. The lowest BCUT2D eigenvalue weighted by molar-refractivity contribution is -0.134. The number of amides is 1. The highest BCUT2D eigenvalue weighted by Gasteiger charge is 2.25. The van der Waals surface area contributed by atoms with Crippen LogP contribution in [0.25, 0.3) is 11.3 Å². The Balaban J connectivity index is 1.54. The molecule has 0 bridgehead atoms. The number of rotatable bonds is 5. The maximum Gasteiger partial charge on any atom is 0.239 e. The van der Waals surface area contributed by atoms with Crippen molar-refractivity contribution in [3.05, 3.63) is 42.4 Å². The summed E-state index contributed by atoms with van der Waals surface area (Å²) in [6.45, 7) is 5.63. The molecule has 0 radical (unpaired) electrons. The number of nitrogens with two attached hydrogens (primary N) is 1. The van der Waals surface area contributed by atoms with E-state index in [4.69, 9.17) is 10.2 Å². The van der Waals surface area contributed by atoms with E-state index in [1.165, 1.54) is 0 Å². The van der Waals surface area contributed by atoms with E-state index in [9.17, 15) is 4.79 Å². The van der Waals surface area contributed by atoms with Crippen molar-refractivity contribution in [2.24, 2.45) is 5.73 Å². The summed E-state index contributed by atoms with van der Waals surface area (Å²) >= 11 is 0. The second-order valence-electron chi connectivity index (χ2n) is 6.10. The Morgan fingerprint density at radius 3 is 2.62 bits per heavy atom. The van der Waals surface area contributed by atoms with Crippen molar-refractivity contribution in [3.63, 3.8) is 0 Å². The third-order valence-electron chi connectivity index (χ3n) is 4.41. The molecule has 6 nitrogen and oxygen atoms in total. The van der Waals surface area contributed by atoms with Gasteiger partial charge in [0, 0.05) is 31.7 Å². The minimum absolute atomic E-state index is 0.0552. The average molecular weight is 328 g/mol. The van der Waals surface area contributed by atoms with Crippen molar-refractivity contribution in [3.8, 4) is 11.3 Å². The number of carbonyl (C=O) groups is 1. The minimum Gasteiger partial charge on any atom is -0.439 e. The molecule has 2 heterocycles. The molecule has 0 saturated carbocycles. The maximum atomic E-state index is 12.1. The van der Waals surface area contributed by atoms with Gasteiger partial charge in [-0.3, -0.25) is 9.69 Å². The molecule has 1 aliphatic rings. The zero-order valence-electron chi connectivity index (χ0n) is 14.0. The summed E-state index contributed by atoms with van der Waals surface area (Å²) in [5.74, 6) is 1.55. The van der Waals surface area contributed by atoms with Gasteiger partial charge in [0.15, 0.2) is 5.76 Å². The molecule has 1 fully saturated rings. The summed E-state index contributed by atoms with van der Waals surface area (Å²) < 4.78 is 5.85. The van der Waals surface area contributed by atoms with Gasteiger partial charge in [0.05, 0.1) is 18.8 Å². The Bertz CT molecular complexity index is 663. The molecule has 0 spiro atoms. The first-order chi connectivity index (χ1) is 11.7. The quantitative estimate of drug-likeness (QED) is 0.904. The summed E-state index contributed by atoms with van der Waals surface area (Å²) in [6.07, 6.45) is 2.45. The number of nitrogens with zero attached hydrogens (tertiary/aromatic N) is 3. The molecule has 2 aromatic rings. The van der Waals surface area contributed by atoms with Crippen LogP contribution in [0.3, 0.4) is 0 Å². The number of oxazole rings is 1. The lowest BCUT2D eigenvalue weighted by Crippen LogP contribution is -2.52. The van der Waals surface area contributed by atoms with Crippen LogP contribution in [0.5, 0.6) is 0 Å². The predicted octanol–water partition coefficient (Wildman–Crippen LogP) is 1.72. The van der Waals surface area contributed by atoms with Gasteiger partial charge in [0.1, 0.15) is 0 Å². The van der Waals surface area contributed by atoms with Crippen LogP contribution in [-0.2, 0) is 11.3 Å². The normalized spacial score (nSPS) is 17.0. The fourth-order valence-corrected chi connectivity index (χ4v) is 2.85. The van der Waals surface area contributed by atoms with E-state index in [1.807, 2.05) is 42.2 Å².